The van der Waals surface area contributed by atoms with Crippen molar-refractivity contribution in [3.63, 3.8) is 0 Å². The first kappa shape index (κ1) is 31.3. The second kappa shape index (κ2) is 14.3. The fourth-order valence-electron chi connectivity index (χ4n) is 4.09. The van der Waals surface area contributed by atoms with Crippen molar-refractivity contribution in [2.24, 2.45) is 5.73 Å². The molecule has 0 spiro atoms. The minimum atomic E-state index is -1.12. The van der Waals surface area contributed by atoms with E-state index in [1.54, 1.807) is 20.8 Å². The van der Waals surface area contributed by atoms with Crippen LogP contribution in [0.25, 0.3) is 0 Å². The summed E-state index contributed by atoms with van der Waals surface area (Å²) in [5, 5.41) is 5.57. The van der Waals surface area contributed by atoms with Crippen molar-refractivity contribution < 1.29 is 23.9 Å². The molecule has 0 aliphatic rings. The van der Waals surface area contributed by atoms with E-state index in [4.69, 9.17) is 10.5 Å². The Labute approximate surface area is 231 Å². The van der Waals surface area contributed by atoms with Gasteiger partial charge in [0.2, 0.25) is 17.7 Å². The van der Waals surface area contributed by atoms with Crippen LogP contribution in [0.15, 0.2) is 48.5 Å². The molecular weight excluding hydrogens is 496 g/mol. The number of aryl methyl sites for hydroxylation is 2. The van der Waals surface area contributed by atoms with Crippen LogP contribution in [0.5, 0.6) is 0 Å². The predicted molar refractivity (Wildman–Crippen MR) is 151 cm³/mol. The van der Waals surface area contributed by atoms with E-state index in [1.165, 1.54) is 4.90 Å². The Kier molecular flexibility index (Phi) is 11.5. The van der Waals surface area contributed by atoms with Crippen molar-refractivity contribution in [3.05, 3.63) is 70.8 Å². The normalized spacial score (nSPS) is 12.7. The molecule has 2 unspecified atom stereocenters. The van der Waals surface area contributed by atoms with Crippen LogP contribution in [-0.4, -0.2) is 46.9 Å². The summed E-state index contributed by atoms with van der Waals surface area (Å²) in [6.45, 7) is 11.5. The van der Waals surface area contributed by atoms with Crippen molar-refractivity contribution in [2.75, 3.05) is 6.54 Å². The van der Waals surface area contributed by atoms with Crippen LogP contribution < -0.4 is 16.4 Å². The highest BCUT2D eigenvalue weighted by Gasteiger charge is 2.36. The highest BCUT2D eigenvalue weighted by atomic mass is 16.6. The van der Waals surface area contributed by atoms with E-state index in [0.717, 1.165) is 16.7 Å². The first-order valence-corrected chi connectivity index (χ1v) is 13.3. The van der Waals surface area contributed by atoms with E-state index in [2.05, 4.69) is 10.6 Å². The summed E-state index contributed by atoms with van der Waals surface area (Å²) in [5.41, 5.74) is 8.18. The van der Waals surface area contributed by atoms with Gasteiger partial charge in [-0.1, -0.05) is 55.5 Å². The van der Waals surface area contributed by atoms with Crippen molar-refractivity contribution in [2.45, 2.75) is 85.0 Å². The smallest absolute Gasteiger partial charge is 0.408 e. The Morgan fingerprint density at radius 2 is 1.67 bits per heavy atom. The highest BCUT2D eigenvalue weighted by molar-refractivity contribution is 5.92. The summed E-state index contributed by atoms with van der Waals surface area (Å²) >= 11 is 0. The maximum atomic E-state index is 14.0. The minimum absolute atomic E-state index is 0.0289. The molecule has 4 amide bonds. The number of primary amides is 1. The number of benzene rings is 2. The summed E-state index contributed by atoms with van der Waals surface area (Å²) in [5.74, 6) is -1.45. The highest BCUT2D eigenvalue weighted by Crippen LogP contribution is 2.26. The van der Waals surface area contributed by atoms with Gasteiger partial charge in [0.25, 0.3) is 0 Å². The minimum Gasteiger partial charge on any atom is -0.444 e. The van der Waals surface area contributed by atoms with Gasteiger partial charge in [-0.25, -0.2) is 4.79 Å². The number of hydrogen-bond donors (Lipinski definition) is 3. The van der Waals surface area contributed by atoms with E-state index >= 15 is 0 Å². The second-order valence-electron chi connectivity index (χ2n) is 10.7. The van der Waals surface area contributed by atoms with E-state index in [1.807, 2.05) is 69.3 Å². The van der Waals surface area contributed by atoms with Gasteiger partial charge in [0.1, 0.15) is 17.7 Å². The fourth-order valence-corrected chi connectivity index (χ4v) is 4.09. The molecule has 9 nitrogen and oxygen atoms in total. The van der Waals surface area contributed by atoms with Gasteiger partial charge in [0.15, 0.2) is 0 Å². The van der Waals surface area contributed by atoms with Gasteiger partial charge in [0.05, 0.1) is 0 Å². The summed E-state index contributed by atoms with van der Waals surface area (Å²) < 4.78 is 5.36. The molecular formula is C30H42N4O5. The zero-order chi connectivity index (χ0) is 29.2. The molecule has 0 heterocycles. The Hall–Kier alpha value is -3.88. The zero-order valence-corrected chi connectivity index (χ0v) is 23.9. The molecule has 0 saturated heterocycles. The molecule has 2 atom stereocenters. The summed E-state index contributed by atoms with van der Waals surface area (Å²) in [7, 11) is 0. The third kappa shape index (κ3) is 10.1. The topological polar surface area (TPSA) is 131 Å². The monoisotopic (exact) mass is 538 g/mol. The standard InChI is InChI=1S/C30H42N4O5/c1-7-17-34(28(37)24(15-16-25(31)35)33-29(38)39-30(4,5)6)26(23-14-13-20(2)21(3)18-23)27(36)32-19-22-11-9-8-10-12-22/h8-14,18,24,26H,7,15-17,19H2,1-6H3,(H2,31,35)(H,32,36)(H,33,38). The third-order valence-electron chi connectivity index (χ3n) is 6.13. The van der Waals surface area contributed by atoms with Crippen LogP contribution in [0, 0.1) is 13.8 Å². The number of nitrogens with zero attached hydrogens (tertiary/aromatic N) is 1. The zero-order valence-electron chi connectivity index (χ0n) is 23.9. The van der Waals surface area contributed by atoms with Crippen LogP contribution in [0.4, 0.5) is 4.79 Å². The van der Waals surface area contributed by atoms with Crippen LogP contribution in [-0.2, 0) is 25.7 Å². The summed E-state index contributed by atoms with van der Waals surface area (Å²) in [6.07, 6.45) is -0.383. The molecule has 0 aliphatic carbocycles. The lowest BCUT2D eigenvalue weighted by molar-refractivity contribution is -0.142. The molecule has 0 bridgehead atoms. The average Bonchev–Trinajstić information content (AvgIpc) is 2.86. The van der Waals surface area contributed by atoms with Crippen molar-refractivity contribution in [3.8, 4) is 0 Å². The van der Waals surface area contributed by atoms with Crippen molar-refractivity contribution >= 4 is 23.8 Å². The van der Waals surface area contributed by atoms with Gasteiger partial charge in [-0.3, -0.25) is 14.4 Å². The Morgan fingerprint density at radius 1 is 1.00 bits per heavy atom. The number of carbonyl (C=O) groups excluding carboxylic acids is 4. The van der Waals surface area contributed by atoms with Gasteiger partial charge in [-0.2, -0.15) is 0 Å². The number of hydrogen-bond acceptors (Lipinski definition) is 5. The number of rotatable bonds is 12. The Bertz CT molecular complexity index is 1140. The number of alkyl carbamates (subject to hydrolysis) is 1. The Morgan fingerprint density at radius 3 is 2.23 bits per heavy atom. The average molecular weight is 539 g/mol. The molecule has 9 heteroatoms. The molecule has 39 heavy (non-hydrogen) atoms. The number of ether oxygens (including phenoxy) is 1. The maximum Gasteiger partial charge on any atom is 0.408 e. The molecule has 0 aromatic heterocycles. The maximum absolute atomic E-state index is 14.0. The first-order chi connectivity index (χ1) is 18.3. The molecule has 0 fully saturated rings. The van der Waals surface area contributed by atoms with Crippen LogP contribution in [0.2, 0.25) is 0 Å². The van der Waals surface area contributed by atoms with E-state index in [0.29, 0.717) is 12.0 Å². The largest absolute Gasteiger partial charge is 0.444 e. The molecule has 2 aromatic carbocycles. The first-order valence-electron chi connectivity index (χ1n) is 13.3. The van der Waals surface area contributed by atoms with Gasteiger partial charge in [0, 0.05) is 19.5 Å². The molecule has 0 saturated carbocycles. The van der Waals surface area contributed by atoms with E-state index in [-0.39, 0.29) is 31.8 Å². The molecule has 0 radical (unpaired) electrons. The van der Waals surface area contributed by atoms with E-state index < -0.39 is 35.6 Å². The predicted octanol–water partition coefficient (Wildman–Crippen LogP) is 4.06. The van der Waals surface area contributed by atoms with Crippen molar-refractivity contribution in [1.82, 2.24) is 15.5 Å². The quantitative estimate of drug-likeness (QED) is 0.375. The fraction of sp³-hybridized carbons (Fsp3) is 0.467. The Balaban J connectivity index is 2.47. The van der Waals surface area contributed by atoms with Crippen LogP contribution in [0.3, 0.4) is 0 Å². The lowest BCUT2D eigenvalue weighted by Gasteiger charge is -2.34. The van der Waals surface area contributed by atoms with E-state index in [9.17, 15) is 19.2 Å². The lowest BCUT2D eigenvalue weighted by Crippen LogP contribution is -2.53. The number of nitrogens with one attached hydrogen (secondary N) is 2. The third-order valence-corrected chi connectivity index (χ3v) is 6.13. The van der Waals surface area contributed by atoms with Crippen LogP contribution in [0.1, 0.15) is 75.3 Å². The molecule has 2 rings (SSSR count). The summed E-state index contributed by atoms with van der Waals surface area (Å²) in [4.78, 5) is 53.4. The molecule has 4 N–H and O–H groups in total. The SMILES string of the molecule is CCCN(C(=O)C(CCC(N)=O)NC(=O)OC(C)(C)C)C(C(=O)NCc1ccccc1)c1ccc(C)c(C)c1. The van der Waals surface area contributed by atoms with Gasteiger partial charge >= 0.3 is 6.09 Å². The van der Waals surface area contributed by atoms with Gasteiger partial charge < -0.3 is 26.0 Å². The van der Waals surface area contributed by atoms with Crippen molar-refractivity contribution in [1.29, 1.82) is 0 Å². The number of amides is 4. The number of nitrogens with two attached hydrogens (primary N) is 1. The molecule has 212 valence electrons. The molecule has 2 aromatic rings. The lowest BCUT2D eigenvalue weighted by atomic mass is 9.97. The second-order valence-corrected chi connectivity index (χ2v) is 10.7. The summed E-state index contributed by atoms with van der Waals surface area (Å²) in [6, 6.07) is 13.1. The van der Waals surface area contributed by atoms with Gasteiger partial charge in [-0.15, -0.1) is 0 Å². The van der Waals surface area contributed by atoms with Crippen LogP contribution >= 0.6 is 0 Å². The number of carbonyl (C=O) groups is 4. The molecule has 0 aliphatic heterocycles. The van der Waals surface area contributed by atoms with Gasteiger partial charge in [-0.05, 0) is 69.7 Å².